The lowest BCUT2D eigenvalue weighted by Crippen LogP contribution is -2.45. The molecule has 0 unspecified atom stereocenters. The number of furan rings is 1. The van der Waals surface area contributed by atoms with Gasteiger partial charge in [-0.05, 0) is 25.1 Å². The molecule has 6 heteroatoms. The maximum atomic E-state index is 10.8. The third-order valence-electron chi connectivity index (χ3n) is 5.16. The molecule has 2 heterocycles. The van der Waals surface area contributed by atoms with Crippen molar-refractivity contribution in [1.29, 1.82) is 0 Å². The van der Waals surface area contributed by atoms with E-state index in [1.54, 1.807) is 12.1 Å². The van der Waals surface area contributed by atoms with E-state index in [0.29, 0.717) is 0 Å². The molecule has 0 amide bonds. The molecule has 1 fully saturated rings. The maximum absolute atomic E-state index is 10.8. The van der Waals surface area contributed by atoms with E-state index in [-0.39, 0.29) is 10.6 Å². The summed E-state index contributed by atoms with van der Waals surface area (Å²) in [6.07, 6.45) is 0. The minimum atomic E-state index is -0.362. The van der Waals surface area contributed by atoms with Crippen LogP contribution in [0.1, 0.15) is 11.3 Å². The first-order valence-corrected chi connectivity index (χ1v) is 9.46. The van der Waals surface area contributed by atoms with Gasteiger partial charge in [-0.2, -0.15) is 0 Å². The first kappa shape index (κ1) is 18.3. The van der Waals surface area contributed by atoms with Crippen LogP contribution in [0.5, 0.6) is 0 Å². The highest BCUT2D eigenvalue weighted by Gasteiger charge is 2.20. The summed E-state index contributed by atoms with van der Waals surface area (Å²) in [6, 6.07) is 19.2. The standard InChI is InChI=1S/C22H23N3O3/c1-17-15-19(22(28-17)18-5-3-2-4-6-18)16-23-11-13-24(14-12-23)20-7-9-21(10-8-20)25(26)27/h2-10,15H,11-14,16H2,1H3. The summed E-state index contributed by atoms with van der Waals surface area (Å²) < 4.78 is 5.97. The summed E-state index contributed by atoms with van der Waals surface area (Å²) >= 11 is 0. The number of nitro groups is 1. The van der Waals surface area contributed by atoms with Crippen molar-refractivity contribution in [3.63, 3.8) is 0 Å². The molecule has 0 N–H and O–H groups in total. The fraction of sp³-hybridized carbons (Fsp3) is 0.273. The Kier molecular flexibility index (Phi) is 5.12. The summed E-state index contributed by atoms with van der Waals surface area (Å²) in [5, 5.41) is 10.8. The Morgan fingerprint density at radius 3 is 2.32 bits per heavy atom. The lowest BCUT2D eigenvalue weighted by molar-refractivity contribution is -0.384. The number of anilines is 1. The minimum absolute atomic E-state index is 0.131. The van der Waals surface area contributed by atoms with Gasteiger partial charge in [0.15, 0.2) is 0 Å². The largest absolute Gasteiger partial charge is 0.461 e. The number of aryl methyl sites for hydroxylation is 1. The van der Waals surface area contributed by atoms with Crippen LogP contribution < -0.4 is 4.90 Å². The first-order chi connectivity index (χ1) is 13.6. The van der Waals surface area contributed by atoms with Crippen molar-refractivity contribution in [2.24, 2.45) is 0 Å². The number of hydrogen-bond acceptors (Lipinski definition) is 5. The van der Waals surface area contributed by atoms with Crippen molar-refractivity contribution in [1.82, 2.24) is 4.90 Å². The van der Waals surface area contributed by atoms with Crippen LogP contribution in [-0.4, -0.2) is 36.0 Å². The Labute approximate surface area is 164 Å². The van der Waals surface area contributed by atoms with Gasteiger partial charge in [0.05, 0.1) is 4.92 Å². The molecule has 28 heavy (non-hydrogen) atoms. The lowest BCUT2D eigenvalue weighted by Gasteiger charge is -2.36. The number of piperazine rings is 1. The molecule has 0 bridgehead atoms. The van der Waals surface area contributed by atoms with Crippen molar-refractivity contribution >= 4 is 11.4 Å². The summed E-state index contributed by atoms with van der Waals surface area (Å²) in [5.74, 6) is 1.88. The average molecular weight is 377 g/mol. The molecule has 6 nitrogen and oxygen atoms in total. The minimum Gasteiger partial charge on any atom is -0.461 e. The Morgan fingerprint density at radius 2 is 1.68 bits per heavy atom. The Balaban J connectivity index is 1.41. The average Bonchev–Trinajstić information content (AvgIpc) is 3.09. The second kappa shape index (κ2) is 7.86. The van der Waals surface area contributed by atoms with Gasteiger partial charge in [-0.15, -0.1) is 0 Å². The zero-order valence-electron chi connectivity index (χ0n) is 15.9. The van der Waals surface area contributed by atoms with Crippen LogP contribution in [0, 0.1) is 17.0 Å². The molecule has 144 valence electrons. The fourth-order valence-electron chi connectivity index (χ4n) is 3.71. The molecule has 0 aliphatic carbocycles. The van der Waals surface area contributed by atoms with Gasteiger partial charge in [0, 0.05) is 61.7 Å². The molecule has 0 saturated carbocycles. The van der Waals surface area contributed by atoms with Gasteiger partial charge in [0.2, 0.25) is 0 Å². The zero-order valence-corrected chi connectivity index (χ0v) is 15.9. The molecule has 1 aromatic heterocycles. The number of rotatable bonds is 5. The number of nitro benzene ring substituents is 1. The molecule has 0 radical (unpaired) electrons. The number of benzene rings is 2. The van der Waals surface area contributed by atoms with Crippen LogP contribution in [-0.2, 0) is 6.54 Å². The molecule has 0 spiro atoms. The SMILES string of the molecule is Cc1cc(CN2CCN(c3ccc([N+](=O)[O-])cc3)CC2)c(-c2ccccc2)o1. The maximum Gasteiger partial charge on any atom is 0.269 e. The molecular weight excluding hydrogens is 354 g/mol. The van der Waals surface area contributed by atoms with Gasteiger partial charge in [-0.1, -0.05) is 30.3 Å². The molecule has 0 atom stereocenters. The van der Waals surface area contributed by atoms with Crippen molar-refractivity contribution in [2.75, 3.05) is 31.1 Å². The van der Waals surface area contributed by atoms with E-state index in [1.165, 1.54) is 5.56 Å². The zero-order chi connectivity index (χ0) is 19.5. The van der Waals surface area contributed by atoms with E-state index < -0.39 is 0 Å². The van der Waals surface area contributed by atoms with Crippen LogP contribution in [0.4, 0.5) is 11.4 Å². The fourth-order valence-corrected chi connectivity index (χ4v) is 3.71. The van der Waals surface area contributed by atoms with Gasteiger partial charge in [0.1, 0.15) is 11.5 Å². The quantitative estimate of drug-likeness (QED) is 0.484. The lowest BCUT2D eigenvalue weighted by atomic mass is 10.1. The van der Waals surface area contributed by atoms with E-state index in [9.17, 15) is 10.1 Å². The van der Waals surface area contributed by atoms with Gasteiger partial charge in [-0.25, -0.2) is 0 Å². The molecule has 1 aliphatic heterocycles. The third kappa shape index (κ3) is 3.92. The highest BCUT2D eigenvalue weighted by atomic mass is 16.6. The van der Waals surface area contributed by atoms with Gasteiger partial charge in [-0.3, -0.25) is 15.0 Å². The Morgan fingerprint density at radius 1 is 1.00 bits per heavy atom. The second-order valence-electron chi connectivity index (χ2n) is 7.11. The van der Waals surface area contributed by atoms with Crippen molar-refractivity contribution in [2.45, 2.75) is 13.5 Å². The first-order valence-electron chi connectivity index (χ1n) is 9.46. The van der Waals surface area contributed by atoms with Crippen LogP contribution in [0.3, 0.4) is 0 Å². The predicted molar refractivity (Wildman–Crippen MR) is 109 cm³/mol. The number of nitrogens with zero attached hydrogens (tertiary/aromatic N) is 3. The van der Waals surface area contributed by atoms with Crippen LogP contribution in [0.2, 0.25) is 0 Å². The van der Waals surface area contributed by atoms with Gasteiger partial charge < -0.3 is 9.32 Å². The summed E-state index contributed by atoms with van der Waals surface area (Å²) in [7, 11) is 0. The van der Waals surface area contributed by atoms with E-state index >= 15 is 0 Å². The second-order valence-corrected chi connectivity index (χ2v) is 7.11. The van der Waals surface area contributed by atoms with Crippen molar-refractivity contribution < 1.29 is 9.34 Å². The highest BCUT2D eigenvalue weighted by molar-refractivity contribution is 5.61. The van der Waals surface area contributed by atoms with Crippen LogP contribution in [0.15, 0.2) is 65.1 Å². The molecule has 2 aromatic carbocycles. The number of hydrogen-bond donors (Lipinski definition) is 0. The van der Waals surface area contributed by atoms with Crippen molar-refractivity contribution in [3.05, 3.63) is 82.1 Å². The summed E-state index contributed by atoms with van der Waals surface area (Å²) in [5.41, 5.74) is 3.49. The third-order valence-corrected chi connectivity index (χ3v) is 5.16. The summed E-state index contributed by atoms with van der Waals surface area (Å²) in [4.78, 5) is 15.2. The normalized spacial score (nSPS) is 15.0. The highest BCUT2D eigenvalue weighted by Crippen LogP contribution is 2.29. The molecule has 1 aliphatic rings. The molecule has 4 rings (SSSR count). The summed E-state index contributed by atoms with van der Waals surface area (Å²) in [6.45, 7) is 6.52. The molecule has 1 saturated heterocycles. The molecule has 3 aromatic rings. The molecular formula is C22H23N3O3. The van der Waals surface area contributed by atoms with Crippen LogP contribution >= 0.6 is 0 Å². The van der Waals surface area contributed by atoms with E-state index in [4.69, 9.17) is 4.42 Å². The van der Waals surface area contributed by atoms with Crippen LogP contribution in [0.25, 0.3) is 11.3 Å². The van der Waals surface area contributed by atoms with E-state index in [2.05, 4.69) is 28.0 Å². The van der Waals surface area contributed by atoms with Crippen molar-refractivity contribution in [3.8, 4) is 11.3 Å². The topological polar surface area (TPSA) is 62.8 Å². The van der Waals surface area contributed by atoms with E-state index in [0.717, 1.165) is 55.5 Å². The Hall–Kier alpha value is -3.12. The monoisotopic (exact) mass is 377 g/mol. The van der Waals surface area contributed by atoms with E-state index in [1.807, 2.05) is 37.3 Å². The Bertz CT molecular complexity index is 943. The van der Waals surface area contributed by atoms with Gasteiger partial charge >= 0.3 is 0 Å². The number of non-ortho nitro benzene ring substituents is 1. The predicted octanol–water partition coefficient (Wildman–Crippen LogP) is 4.49. The smallest absolute Gasteiger partial charge is 0.269 e. The van der Waals surface area contributed by atoms with Gasteiger partial charge in [0.25, 0.3) is 5.69 Å².